The van der Waals surface area contributed by atoms with E-state index < -0.39 is 0 Å². The third-order valence-corrected chi connectivity index (χ3v) is 13.0. The predicted octanol–water partition coefficient (Wildman–Crippen LogP) is 16.3. The topological polar surface area (TPSA) is 33.5 Å². The molecule has 0 saturated heterocycles. The zero-order chi connectivity index (χ0) is 44.5. The molecule has 0 fully saturated rings. The fraction of sp³-hybridized carbons (Fsp3) is 0.293. The second kappa shape index (κ2) is 15.8. The number of fused-ring (bicyclic) bond motifs is 4. The summed E-state index contributed by atoms with van der Waals surface area (Å²) < 4.78 is 9.05. The van der Waals surface area contributed by atoms with Gasteiger partial charge >= 0.3 is 0 Å². The Hall–Kier alpha value is -6.33. The molecule has 0 aliphatic carbocycles. The van der Waals surface area contributed by atoms with Crippen molar-refractivity contribution in [3.8, 4) is 28.4 Å². The maximum atomic E-state index is 6.78. The van der Waals surface area contributed by atoms with Gasteiger partial charge in [0.1, 0.15) is 24.0 Å². The summed E-state index contributed by atoms with van der Waals surface area (Å²) in [5.41, 5.74) is 17.8. The normalized spacial score (nSPS) is 13.2. The number of ether oxygens (including phenoxy) is 1. The van der Waals surface area contributed by atoms with E-state index in [1.165, 1.54) is 72.3 Å². The maximum Gasteiger partial charge on any atom is 0.137 e. The number of para-hydroxylation sites is 3. The SMILES string of the molecule is Cc1cc(C(C)(C)C)cc(C)c1-c1cc(C(C)C)c(N2CN(c3cccc(Oc4ccc5c6ccccc6n(-c6cc(C(C)(C)C)ccn6)c5c4)c3)c3ccccc32)c(C(C)C)c1. The molecular formula is C58H62N4O. The van der Waals surface area contributed by atoms with Crippen molar-refractivity contribution in [3.63, 3.8) is 0 Å². The molecule has 0 bridgehead atoms. The van der Waals surface area contributed by atoms with E-state index >= 15 is 0 Å². The van der Waals surface area contributed by atoms with Gasteiger partial charge < -0.3 is 14.5 Å². The Morgan fingerprint density at radius 3 is 1.81 bits per heavy atom. The van der Waals surface area contributed by atoms with Crippen LogP contribution in [0, 0.1) is 13.8 Å². The quantitative estimate of drug-likeness (QED) is 0.153. The lowest BCUT2D eigenvalue weighted by atomic mass is 9.81. The van der Waals surface area contributed by atoms with Gasteiger partial charge in [-0.25, -0.2) is 4.98 Å². The maximum absolute atomic E-state index is 6.78. The molecule has 5 nitrogen and oxygen atoms in total. The average molecular weight is 831 g/mol. The van der Waals surface area contributed by atoms with Crippen molar-refractivity contribution in [1.82, 2.24) is 9.55 Å². The first-order chi connectivity index (χ1) is 30.0. The van der Waals surface area contributed by atoms with Gasteiger partial charge in [-0.3, -0.25) is 4.57 Å². The Morgan fingerprint density at radius 1 is 0.556 bits per heavy atom. The Balaban J connectivity index is 1.09. The van der Waals surface area contributed by atoms with Crippen molar-refractivity contribution in [2.24, 2.45) is 0 Å². The van der Waals surface area contributed by atoms with Gasteiger partial charge in [0, 0.05) is 40.5 Å². The van der Waals surface area contributed by atoms with Gasteiger partial charge in [0.15, 0.2) is 0 Å². The highest BCUT2D eigenvalue weighted by Crippen LogP contribution is 2.50. The number of hydrogen-bond donors (Lipinski definition) is 0. The van der Waals surface area contributed by atoms with E-state index in [0.717, 1.165) is 34.0 Å². The molecule has 5 heteroatoms. The van der Waals surface area contributed by atoms with Crippen LogP contribution in [0.5, 0.6) is 11.5 Å². The molecule has 3 heterocycles. The lowest BCUT2D eigenvalue weighted by Crippen LogP contribution is -2.26. The van der Waals surface area contributed by atoms with Crippen molar-refractivity contribution in [2.75, 3.05) is 16.5 Å². The molecule has 63 heavy (non-hydrogen) atoms. The third kappa shape index (κ3) is 7.66. The van der Waals surface area contributed by atoms with Crippen LogP contribution in [0.2, 0.25) is 0 Å². The molecule has 0 N–H and O–H groups in total. The van der Waals surface area contributed by atoms with Crippen molar-refractivity contribution in [1.29, 1.82) is 0 Å². The van der Waals surface area contributed by atoms with Crippen molar-refractivity contribution >= 4 is 44.6 Å². The Bertz CT molecular complexity index is 2970. The summed E-state index contributed by atoms with van der Waals surface area (Å²) in [6, 6.07) is 46.5. The van der Waals surface area contributed by atoms with Crippen LogP contribution in [0.1, 0.15) is 114 Å². The zero-order valence-electron chi connectivity index (χ0n) is 39.3. The van der Waals surface area contributed by atoms with Crippen molar-refractivity contribution < 1.29 is 4.74 Å². The minimum atomic E-state index is -0.00153. The highest BCUT2D eigenvalue weighted by atomic mass is 16.5. The van der Waals surface area contributed by atoms with E-state index in [4.69, 9.17) is 9.72 Å². The van der Waals surface area contributed by atoms with Gasteiger partial charge in [0.05, 0.1) is 22.4 Å². The van der Waals surface area contributed by atoms with Crippen LogP contribution < -0.4 is 14.5 Å². The minimum Gasteiger partial charge on any atom is -0.457 e. The highest BCUT2D eigenvalue weighted by Gasteiger charge is 2.33. The van der Waals surface area contributed by atoms with E-state index in [1.54, 1.807) is 0 Å². The first-order valence-corrected chi connectivity index (χ1v) is 22.7. The van der Waals surface area contributed by atoms with Crippen LogP contribution in [-0.2, 0) is 10.8 Å². The highest BCUT2D eigenvalue weighted by molar-refractivity contribution is 6.09. The van der Waals surface area contributed by atoms with Crippen molar-refractivity contribution in [2.45, 2.75) is 106 Å². The Labute approximate surface area is 375 Å². The summed E-state index contributed by atoms with van der Waals surface area (Å²) >= 11 is 0. The fourth-order valence-corrected chi connectivity index (χ4v) is 9.61. The van der Waals surface area contributed by atoms with Crippen LogP contribution in [0.4, 0.5) is 22.7 Å². The molecular weight excluding hydrogens is 769 g/mol. The molecule has 2 aromatic heterocycles. The molecule has 9 rings (SSSR count). The van der Waals surface area contributed by atoms with Gasteiger partial charge in [-0.05, 0) is 148 Å². The van der Waals surface area contributed by atoms with E-state index in [1.807, 2.05) is 6.20 Å². The van der Waals surface area contributed by atoms with E-state index in [0.29, 0.717) is 18.5 Å². The average Bonchev–Trinajstić information content (AvgIpc) is 3.78. The van der Waals surface area contributed by atoms with E-state index in [9.17, 15) is 0 Å². The molecule has 0 unspecified atom stereocenters. The van der Waals surface area contributed by atoms with E-state index in [2.05, 4.69) is 225 Å². The van der Waals surface area contributed by atoms with Gasteiger partial charge in [0.25, 0.3) is 0 Å². The number of rotatable bonds is 8. The second-order valence-corrected chi connectivity index (χ2v) is 20.3. The van der Waals surface area contributed by atoms with Crippen LogP contribution in [0.15, 0.2) is 134 Å². The van der Waals surface area contributed by atoms with Crippen LogP contribution in [0.3, 0.4) is 0 Å². The minimum absolute atomic E-state index is 0.00153. The number of hydrogen-bond acceptors (Lipinski definition) is 4. The molecule has 0 amide bonds. The molecule has 1 aliphatic rings. The standard InChI is InChI=1S/C58H62N4O/c1-36(2)48-30-40(55-38(5)28-42(29-39(55)6)58(10,11)12)31-49(37(3)4)56(48)61-35-60(51-22-15-16-23-52(51)61)43-18-17-19-44(33-43)63-45-24-25-47-46-20-13-14-21-50(46)62(53(47)34-45)54-32-41(26-27-59-54)57(7,8)9/h13-34,36-37H,35H2,1-12H3. The smallest absolute Gasteiger partial charge is 0.137 e. The van der Waals surface area contributed by atoms with Gasteiger partial charge in [-0.1, -0.05) is 118 Å². The molecule has 1 aliphatic heterocycles. The summed E-state index contributed by atoms with van der Waals surface area (Å²) in [5, 5.41) is 2.36. The molecule has 0 atom stereocenters. The zero-order valence-corrected chi connectivity index (χ0v) is 39.3. The van der Waals surface area contributed by atoms with Crippen molar-refractivity contribution in [3.05, 3.63) is 167 Å². The fourth-order valence-electron chi connectivity index (χ4n) is 9.61. The van der Waals surface area contributed by atoms with Gasteiger partial charge in [-0.15, -0.1) is 0 Å². The number of aryl methyl sites for hydroxylation is 2. The lowest BCUT2D eigenvalue weighted by molar-refractivity contribution is 0.483. The largest absolute Gasteiger partial charge is 0.457 e. The first kappa shape index (κ1) is 42.0. The first-order valence-electron chi connectivity index (χ1n) is 22.7. The van der Waals surface area contributed by atoms with Crippen LogP contribution in [-0.4, -0.2) is 16.2 Å². The van der Waals surface area contributed by atoms with Crippen LogP contribution in [0.25, 0.3) is 38.8 Å². The molecule has 0 saturated carbocycles. The summed E-state index contributed by atoms with van der Waals surface area (Å²) in [7, 11) is 0. The third-order valence-electron chi connectivity index (χ3n) is 13.0. The number of pyridine rings is 1. The van der Waals surface area contributed by atoms with Gasteiger partial charge in [-0.2, -0.15) is 0 Å². The predicted molar refractivity (Wildman–Crippen MR) is 268 cm³/mol. The molecule has 8 aromatic rings. The monoisotopic (exact) mass is 830 g/mol. The summed E-state index contributed by atoms with van der Waals surface area (Å²) in [4.78, 5) is 9.87. The second-order valence-electron chi connectivity index (χ2n) is 20.3. The van der Waals surface area contributed by atoms with Crippen LogP contribution >= 0.6 is 0 Å². The number of nitrogens with zero attached hydrogens (tertiary/aromatic N) is 4. The molecule has 0 spiro atoms. The Morgan fingerprint density at radius 2 is 1.16 bits per heavy atom. The van der Waals surface area contributed by atoms with E-state index in [-0.39, 0.29) is 10.8 Å². The summed E-state index contributed by atoms with van der Waals surface area (Å²) in [5.74, 6) is 3.11. The summed E-state index contributed by atoms with van der Waals surface area (Å²) in [6.45, 7) is 28.2. The molecule has 320 valence electrons. The number of benzene rings is 6. The number of anilines is 4. The Kier molecular flexibility index (Phi) is 10.5. The molecule has 6 aromatic carbocycles. The number of aromatic nitrogens is 2. The van der Waals surface area contributed by atoms with Gasteiger partial charge in [0.2, 0.25) is 0 Å². The molecule has 0 radical (unpaired) electrons. The lowest BCUT2D eigenvalue weighted by Gasteiger charge is -2.31. The summed E-state index contributed by atoms with van der Waals surface area (Å²) in [6.07, 6.45) is 1.93.